The van der Waals surface area contributed by atoms with Crippen molar-refractivity contribution in [2.75, 3.05) is 39.3 Å². The van der Waals surface area contributed by atoms with E-state index in [-0.39, 0.29) is 18.4 Å². The summed E-state index contributed by atoms with van der Waals surface area (Å²) in [5.41, 5.74) is 4.77. The van der Waals surface area contributed by atoms with E-state index in [0.717, 1.165) is 34.2 Å². The minimum atomic E-state index is -3.62. The first-order chi connectivity index (χ1) is 14.9. The summed E-state index contributed by atoms with van der Waals surface area (Å²) in [6.45, 7) is 15.6. The van der Waals surface area contributed by atoms with Crippen molar-refractivity contribution < 1.29 is 18.0 Å². The molecule has 1 atom stereocenters. The summed E-state index contributed by atoms with van der Waals surface area (Å²) in [5.74, 6) is -0.442. The molecule has 0 spiro atoms. The van der Waals surface area contributed by atoms with E-state index in [1.807, 2.05) is 46.4 Å². The van der Waals surface area contributed by atoms with Crippen molar-refractivity contribution in [2.24, 2.45) is 0 Å². The van der Waals surface area contributed by atoms with Gasteiger partial charge in [0, 0.05) is 32.7 Å². The molecule has 1 aliphatic heterocycles. The number of amides is 2. The molecule has 9 heteroatoms. The average Bonchev–Trinajstić information content (AvgIpc) is 2.74. The minimum absolute atomic E-state index is 0.139. The van der Waals surface area contributed by atoms with E-state index >= 15 is 0 Å². The third-order valence-corrected chi connectivity index (χ3v) is 8.72. The second kappa shape index (κ2) is 10.8. The topological polar surface area (TPSA) is 98.8 Å². The maximum absolute atomic E-state index is 13.5. The molecule has 0 radical (unpaired) electrons. The van der Waals surface area contributed by atoms with Crippen molar-refractivity contribution in [2.45, 2.75) is 65.8 Å². The second-order valence-electron chi connectivity index (χ2n) is 8.71. The van der Waals surface area contributed by atoms with Gasteiger partial charge >= 0.3 is 0 Å². The highest BCUT2D eigenvalue weighted by molar-refractivity contribution is 7.89. The third kappa shape index (κ3) is 5.68. The van der Waals surface area contributed by atoms with Gasteiger partial charge in [0.1, 0.15) is 6.04 Å². The summed E-state index contributed by atoms with van der Waals surface area (Å²) in [6.07, 6.45) is 0.834. The molecule has 2 rings (SSSR count). The Bertz CT molecular complexity index is 938. The minimum Gasteiger partial charge on any atom is -0.354 e. The Balaban J connectivity index is 2.01. The van der Waals surface area contributed by atoms with Crippen LogP contribution >= 0.6 is 0 Å². The van der Waals surface area contributed by atoms with E-state index < -0.39 is 16.1 Å². The Hall–Kier alpha value is -1.97. The predicted octanol–water partition coefficient (Wildman–Crippen LogP) is 1.57. The number of hydrogen-bond acceptors (Lipinski definition) is 5. The monoisotopic (exact) mass is 466 g/mol. The van der Waals surface area contributed by atoms with Gasteiger partial charge in [-0.25, -0.2) is 8.42 Å². The Kier molecular flexibility index (Phi) is 8.84. The molecule has 1 aliphatic rings. The molecule has 0 saturated carbocycles. The molecule has 1 unspecified atom stereocenters. The largest absolute Gasteiger partial charge is 0.354 e. The van der Waals surface area contributed by atoms with Crippen LogP contribution in [0.3, 0.4) is 0 Å². The average molecular weight is 467 g/mol. The quantitative estimate of drug-likeness (QED) is 0.606. The molecule has 0 aliphatic carbocycles. The number of piperazine rings is 1. The van der Waals surface area contributed by atoms with Crippen LogP contribution in [-0.4, -0.2) is 74.7 Å². The first-order valence-electron chi connectivity index (χ1n) is 11.3. The van der Waals surface area contributed by atoms with Gasteiger partial charge in [-0.15, -0.1) is 0 Å². The summed E-state index contributed by atoms with van der Waals surface area (Å²) in [6, 6.07) is -0.602. The molecule has 0 bridgehead atoms. The number of rotatable bonds is 8. The van der Waals surface area contributed by atoms with Crippen molar-refractivity contribution in [1.82, 2.24) is 19.8 Å². The van der Waals surface area contributed by atoms with Crippen molar-refractivity contribution in [3.8, 4) is 0 Å². The SMILES string of the molecule is CCCNC(=O)C(C)NC(=O)CN1CCN(S(=O)(=O)c2c(C)c(C)c(C)c(C)c2C)CC1. The molecule has 32 heavy (non-hydrogen) atoms. The molecular formula is C23H38N4O4S. The zero-order chi connectivity index (χ0) is 24.2. The smallest absolute Gasteiger partial charge is 0.243 e. The summed E-state index contributed by atoms with van der Waals surface area (Å²) in [5, 5.41) is 5.47. The zero-order valence-corrected chi connectivity index (χ0v) is 21.3. The fourth-order valence-electron chi connectivity index (χ4n) is 4.07. The summed E-state index contributed by atoms with van der Waals surface area (Å²) < 4.78 is 28.4. The van der Waals surface area contributed by atoms with Crippen LogP contribution in [-0.2, 0) is 19.6 Å². The van der Waals surface area contributed by atoms with E-state index in [0.29, 0.717) is 37.6 Å². The Morgan fingerprint density at radius 2 is 1.41 bits per heavy atom. The lowest BCUT2D eigenvalue weighted by Gasteiger charge is -2.34. The normalized spacial score (nSPS) is 16.6. The first-order valence-corrected chi connectivity index (χ1v) is 12.7. The van der Waals surface area contributed by atoms with E-state index in [1.165, 1.54) is 4.31 Å². The number of carbonyl (C=O) groups excluding carboxylic acids is 2. The molecule has 2 amide bonds. The van der Waals surface area contributed by atoms with Crippen molar-refractivity contribution >= 4 is 21.8 Å². The van der Waals surface area contributed by atoms with Gasteiger partial charge in [0.15, 0.2) is 0 Å². The van der Waals surface area contributed by atoms with Crippen LogP contribution in [0.2, 0.25) is 0 Å². The van der Waals surface area contributed by atoms with Gasteiger partial charge in [0.2, 0.25) is 21.8 Å². The van der Waals surface area contributed by atoms with Crippen LogP contribution in [0.15, 0.2) is 4.90 Å². The van der Waals surface area contributed by atoms with Crippen LogP contribution in [0.1, 0.15) is 48.1 Å². The standard InChI is InChI=1S/C23H38N4O4S/c1-8-9-24-23(29)20(7)25-21(28)14-26-10-12-27(13-11-26)32(30,31)22-18(5)16(3)15(2)17(4)19(22)6/h20H,8-14H2,1-7H3,(H,24,29)(H,25,28). The molecule has 1 aromatic carbocycles. The fourth-order valence-corrected chi connectivity index (χ4v) is 6.05. The highest BCUT2D eigenvalue weighted by atomic mass is 32.2. The number of nitrogens with one attached hydrogen (secondary N) is 2. The molecule has 2 N–H and O–H groups in total. The van der Waals surface area contributed by atoms with Crippen LogP contribution in [0.25, 0.3) is 0 Å². The van der Waals surface area contributed by atoms with E-state index in [4.69, 9.17) is 0 Å². The lowest BCUT2D eigenvalue weighted by molar-refractivity contribution is -0.129. The highest BCUT2D eigenvalue weighted by Crippen LogP contribution is 2.31. The summed E-state index contributed by atoms with van der Waals surface area (Å²) in [7, 11) is -3.62. The Labute approximate surface area is 192 Å². The lowest BCUT2D eigenvalue weighted by atomic mass is 9.95. The van der Waals surface area contributed by atoms with Gasteiger partial charge in [-0.2, -0.15) is 4.31 Å². The van der Waals surface area contributed by atoms with E-state index in [2.05, 4.69) is 10.6 Å². The second-order valence-corrected chi connectivity index (χ2v) is 10.6. The summed E-state index contributed by atoms with van der Waals surface area (Å²) >= 11 is 0. The molecule has 1 heterocycles. The first kappa shape index (κ1) is 26.3. The maximum atomic E-state index is 13.5. The fraction of sp³-hybridized carbons (Fsp3) is 0.652. The predicted molar refractivity (Wildman–Crippen MR) is 126 cm³/mol. The van der Waals surface area contributed by atoms with Crippen LogP contribution in [0.5, 0.6) is 0 Å². The number of nitrogens with zero attached hydrogens (tertiary/aromatic N) is 2. The van der Waals surface area contributed by atoms with Crippen LogP contribution in [0, 0.1) is 34.6 Å². The molecule has 1 aromatic rings. The zero-order valence-electron chi connectivity index (χ0n) is 20.5. The van der Waals surface area contributed by atoms with Crippen molar-refractivity contribution in [3.05, 3.63) is 27.8 Å². The number of carbonyl (C=O) groups is 2. The third-order valence-electron chi connectivity index (χ3n) is 6.55. The highest BCUT2D eigenvalue weighted by Gasteiger charge is 2.32. The van der Waals surface area contributed by atoms with Crippen LogP contribution < -0.4 is 10.6 Å². The van der Waals surface area contributed by atoms with Gasteiger partial charge in [-0.05, 0) is 75.8 Å². The molecule has 180 valence electrons. The van der Waals surface area contributed by atoms with Gasteiger partial charge in [-0.1, -0.05) is 6.92 Å². The Morgan fingerprint density at radius 1 is 0.906 bits per heavy atom. The maximum Gasteiger partial charge on any atom is 0.243 e. The Morgan fingerprint density at radius 3 is 1.91 bits per heavy atom. The lowest BCUT2D eigenvalue weighted by Crippen LogP contribution is -2.53. The van der Waals surface area contributed by atoms with Gasteiger partial charge in [-0.3, -0.25) is 14.5 Å². The summed E-state index contributed by atoms with van der Waals surface area (Å²) in [4.78, 5) is 26.6. The van der Waals surface area contributed by atoms with Crippen molar-refractivity contribution in [1.29, 1.82) is 0 Å². The molecule has 1 saturated heterocycles. The van der Waals surface area contributed by atoms with E-state index in [1.54, 1.807) is 6.92 Å². The van der Waals surface area contributed by atoms with Crippen molar-refractivity contribution in [3.63, 3.8) is 0 Å². The molecule has 8 nitrogen and oxygen atoms in total. The number of hydrogen-bond donors (Lipinski definition) is 2. The molecule has 0 aromatic heterocycles. The van der Waals surface area contributed by atoms with Gasteiger partial charge in [0.05, 0.1) is 11.4 Å². The van der Waals surface area contributed by atoms with Gasteiger partial charge in [0.25, 0.3) is 0 Å². The van der Waals surface area contributed by atoms with Gasteiger partial charge < -0.3 is 10.6 Å². The van der Waals surface area contributed by atoms with E-state index in [9.17, 15) is 18.0 Å². The number of sulfonamides is 1. The molecular weight excluding hydrogens is 428 g/mol. The molecule has 1 fully saturated rings. The van der Waals surface area contributed by atoms with Crippen LogP contribution in [0.4, 0.5) is 0 Å². The number of benzene rings is 1.